The van der Waals surface area contributed by atoms with Gasteiger partial charge in [0, 0.05) is 19.1 Å². The van der Waals surface area contributed by atoms with Crippen molar-refractivity contribution >= 4 is 0 Å². The molecule has 1 saturated heterocycles. The molecule has 0 aliphatic carbocycles. The maximum Gasteiger partial charge on any atom is 0.00933 e. The molecule has 1 fully saturated rings. The molecular formula is C13H28N2. The summed E-state index contributed by atoms with van der Waals surface area (Å²) in [5.41, 5.74) is 0.410. The first-order chi connectivity index (χ1) is 7.09. The van der Waals surface area contributed by atoms with Crippen molar-refractivity contribution in [3.8, 4) is 0 Å². The highest BCUT2D eigenvalue weighted by atomic mass is 15.2. The fourth-order valence-corrected chi connectivity index (χ4v) is 2.63. The Labute approximate surface area is 95.4 Å². The lowest BCUT2D eigenvalue weighted by Crippen LogP contribution is -2.42. The summed E-state index contributed by atoms with van der Waals surface area (Å²) in [6.45, 7) is 14.0. The minimum absolute atomic E-state index is 0.410. The normalized spacial score (nSPS) is 23.6. The third kappa shape index (κ3) is 4.12. The van der Waals surface area contributed by atoms with Gasteiger partial charge in [-0.3, -0.25) is 4.90 Å². The molecule has 1 aliphatic rings. The molecule has 0 aromatic carbocycles. The zero-order valence-corrected chi connectivity index (χ0v) is 11.0. The molecule has 1 unspecified atom stereocenters. The zero-order chi connectivity index (χ0) is 11.3. The second-order valence-electron chi connectivity index (χ2n) is 5.62. The maximum atomic E-state index is 3.47. The summed E-state index contributed by atoms with van der Waals surface area (Å²) in [6.07, 6.45) is 4.13. The van der Waals surface area contributed by atoms with Crippen LogP contribution in [0.1, 0.15) is 47.0 Å². The van der Waals surface area contributed by atoms with Crippen molar-refractivity contribution in [1.82, 2.24) is 10.2 Å². The monoisotopic (exact) mass is 212 g/mol. The second-order valence-corrected chi connectivity index (χ2v) is 5.62. The first-order valence-corrected chi connectivity index (χ1v) is 6.54. The van der Waals surface area contributed by atoms with Crippen molar-refractivity contribution in [3.63, 3.8) is 0 Å². The van der Waals surface area contributed by atoms with E-state index in [4.69, 9.17) is 0 Å². The summed E-state index contributed by atoms with van der Waals surface area (Å²) in [5, 5.41) is 3.47. The number of nitrogens with zero attached hydrogens (tertiary/aromatic N) is 1. The lowest BCUT2D eigenvalue weighted by molar-refractivity contribution is 0.160. The van der Waals surface area contributed by atoms with Crippen LogP contribution in [0.3, 0.4) is 0 Å². The van der Waals surface area contributed by atoms with Crippen LogP contribution >= 0.6 is 0 Å². The zero-order valence-electron chi connectivity index (χ0n) is 11.0. The van der Waals surface area contributed by atoms with Crippen LogP contribution in [-0.2, 0) is 0 Å². The van der Waals surface area contributed by atoms with Gasteiger partial charge in [0.25, 0.3) is 0 Å². The van der Waals surface area contributed by atoms with E-state index in [1.54, 1.807) is 0 Å². The highest BCUT2D eigenvalue weighted by Crippen LogP contribution is 2.25. The Morgan fingerprint density at radius 3 is 2.67 bits per heavy atom. The van der Waals surface area contributed by atoms with E-state index in [1.165, 1.54) is 32.4 Å². The Bertz CT molecular complexity index is 177. The third-order valence-corrected chi connectivity index (χ3v) is 3.45. The molecule has 1 rings (SSSR count). The van der Waals surface area contributed by atoms with Crippen molar-refractivity contribution in [3.05, 3.63) is 0 Å². The molecule has 90 valence electrons. The van der Waals surface area contributed by atoms with Crippen LogP contribution in [-0.4, -0.2) is 37.1 Å². The van der Waals surface area contributed by atoms with E-state index in [0.717, 1.165) is 19.1 Å². The molecule has 0 amide bonds. The number of likely N-dealkylation sites (tertiary alicyclic amines) is 1. The molecule has 0 aromatic heterocycles. The van der Waals surface area contributed by atoms with E-state index in [1.807, 2.05) is 0 Å². The highest BCUT2D eigenvalue weighted by Gasteiger charge is 2.28. The van der Waals surface area contributed by atoms with E-state index in [-0.39, 0.29) is 0 Å². The van der Waals surface area contributed by atoms with E-state index < -0.39 is 0 Å². The Hall–Kier alpha value is -0.0800. The number of hydrogen-bond donors (Lipinski definition) is 1. The molecule has 15 heavy (non-hydrogen) atoms. The van der Waals surface area contributed by atoms with Gasteiger partial charge in [0.1, 0.15) is 0 Å². The largest absolute Gasteiger partial charge is 0.316 e. The Kier molecular flexibility index (Phi) is 5.07. The topological polar surface area (TPSA) is 15.3 Å². The molecule has 1 N–H and O–H groups in total. The molecule has 0 aromatic rings. The number of nitrogens with one attached hydrogen (secondary N) is 1. The summed E-state index contributed by atoms with van der Waals surface area (Å²) in [6, 6.07) is 0.853. The predicted molar refractivity (Wildman–Crippen MR) is 67.2 cm³/mol. The number of rotatable bonds is 6. The minimum atomic E-state index is 0.410. The average molecular weight is 212 g/mol. The lowest BCUT2D eigenvalue weighted by Gasteiger charge is -2.33. The van der Waals surface area contributed by atoms with Gasteiger partial charge in [-0.05, 0) is 37.8 Å². The third-order valence-electron chi connectivity index (χ3n) is 3.45. The summed E-state index contributed by atoms with van der Waals surface area (Å²) in [7, 11) is 0. The predicted octanol–water partition coefficient (Wildman–Crippen LogP) is 2.50. The minimum Gasteiger partial charge on any atom is -0.316 e. The van der Waals surface area contributed by atoms with Crippen molar-refractivity contribution in [1.29, 1.82) is 0 Å². The van der Waals surface area contributed by atoms with E-state index in [0.29, 0.717) is 5.41 Å². The van der Waals surface area contributed by atoms with Gasteiger partial charge in [-0.1, -0.05) is 27.7 Å². The Morgan fingerprint density at radius 1 is 1.33 bits per heavy atom. The molecule has 0 spiro atoms. The fourth-order valence-electron chi connectivity index (χ4n) is 2.63. The quantitative estimate of drug-likeness (QED) is 0.728. The van der Waals surface area contributed by atoms with Crippen LogP contribution in [0.25, 0.3) is 0 Å². The van der Waals surface area contributed by atoms with Gasteiger partial charge >= 0.3 is 0 Å². The van der Waals surface area contributed by atoms with Crippen LogP contribution in [0.2, 0.25) is 0 Å². The SMILES string of the molecule is CCNCC(C)(C)CN1CCCC1CC. The van der Waals surface area contributed by atoms with Crippen LogP contribution in [0.4, 0.5) is 0 Å². The van der Waals surface area contributed by atoms with Gasteiger partial charge in [-0.15, -0.1) is 0 Å². The van der Waals surface area contributed by atoms with Crippen LogP contribution in [0, 0.1) is 5.41 Å². The van der Waals surface area contributed by atoms with Gasteiger partial charge in [-0.2, -0.15) is 0 Å². The fraction of sp³-hybridized carbons (Fsp3) is 1.00. The molecular weight excluding hydrogens is 184 g/mol. The van der Waals surface area contributed by atoms with Gasteiger partial charge in [-0.25, -0.2) is 0 Å². The molecule has 0 bridgehead atoms. The lowest BCUT2D eigenvalue weighted by atomic mass is 9.92. The molecule has 0 saturated carbocycles. The van der Waals surface area contributed by atoms with Gasteiger partial charge < -0.3 is 5.32 Å². The summed E-state index contributed by atoms with van der Waals surface area (Å²) in [5.74, 6) is 0. The van der Waals surface area contributed by atoms with E-state index in [2.05, 4.69) is 37.9 Å². The summed E-state index contributed by atoms with van der Waals surface area (Å²) < 4.78 is 0. The second kappa shape index (κ2) is 5.86. The number of hydrogen-bond acceptors (Lipinski definition) is 2. The summed E-state index contributed by atoms with van der Waals surface area (Å²) >= 11 is 0. The van der Waals surface area contributed by atoms with E-state index in [9.17, 15) is 0 Å². The molecule has 2 nitrogen and oxygen atoms in total. The molecule has 0 radical (unpaired) electrons. The van der Waals surface area contributed by atoms with Gasteiger partial charge in [0.15, 0.2) is 0 Å². The van der Waals surface area contributed by atoms with Gasteiger partial charge in [0.05, 0.1) is 0 Å². The highest BCUT2D eigenvalue weighted by molar-refractivity contribution is 4.84. The summed E-state index contributed by atoms with van der Waals surface area (Å²) in [4.78, 5) is 2.69. The Balaban J connectivity index is 2.38. The van der Waals surface area contributed by atoms with Crippen LogP contribution in [0.15, 0.2) is 0 Å². The van der Waals surface area contributed by atoms with Crippen molar-refractivity contribution in [2.75, 3.05) is 26.2 Å². The van der Waals surface area contributed by atoms with Crippen LogP contribution in [0.5, 0.6) is 0 Å². The molecule has 1 aliphatic heterocycles. The first-order valence-electron chi connectivity index (χ1n) is 6.54. The molecule has 2 heteroatoms. The van der Waals surface area contributed by atoms with Crippen LogP contribution < -0.4 is 5.32 Å². The van der Waals surface area contributed by atoms with Crippen molar-refractivity contribution in [2.24, 2.45) is 5.41 Å². The average Bonchev–Trinajstić information content (AvgIpc) is 2.61. The Morgan fingerprint density at radius 2 is 2.07 bits per heavy atom. The molecule has 1 atom stereocenters. The smallest absolute Gasteiger partial charge is 0.00933 e. The van der Waals surface area contributed by atoms with Gasteiger partial charge in [0.2, 0.25) is 0 Å². The van der Waals surface area contributed by atoms with Crippen molar-refractivity contribution in [2.45, 2.75) is 53.0 Å². The first kappa shape index (κ1) is 13.0. The van der Waals surface area contributed by atoms with Crippen molar-refractivity contribution < 1.29 is 0 Å². The molecule has 1 heterocycles. The van der Waals surface area contributed by atoms with E-state index >= 15 is 0 Å². The standard InChI is InChI=1S/C13H28N2/c1-5-12-8-7-9-15(12)11-13(3,4)10-14-6-2/h12,14H,5-11H2,1-4H3. The maximum absolute atomic E-state index is 3.47.